The number of carbonyl (C=O) groups excluding carboxylic acids is 1. The number of hydrogen-bond acceptors (Lipinski definition) is 4. The molecule has 0 fully saturated rings. The van der Waals surface area contributed by atoms with E-state index in [1.54, 1.807) is 6.07 Å². The molecule has 0 spiro atoms. The summed E-state index contributed by atoms with van der Waals surface area (Å²) in [7, 11) is 0. The van der Waals surface area contributed by atoms with Crippen LogP contribution < -0.4 is 10.8 Å². The molecule has 0 aliphatic carbocycles. The maximum Gasteiger partial charge on any atom is 0.277 e. The normalized spacial score (nSPS) is 11.9. The van der Waals surface area contributed by atoms with Crippen LogP contribution in [-0.4, -0.2) is 24.2 Å². The van der Waals surface area contributed by atoms with Gasteiger partial charge in [0.2, 0.25) is 0 Å². The Hall–Kier alpha value is -2.58. The number of rotatable bonds is 9. The average Bonchev–Trinajstić information content (AvgIpc) is 2.67. The molecule has 1 amide bonds. The number of hydroxylamine groups is 1. The van der Waals surface area contributed by atoms with Gasteiger partial charge in [-0.2, -0.15) is 0 Å². The Morgan fingerprint density at radius 3 is 2.57 bits per heavy atom. The Morgan fingerprint density at radius 2 is 1.93 bits per heavy atom. The van der Waals surface area contributed by atoms with Crippen LogP contribution in [0.2, 0.25) is 0 Å². The quantitative estimate of drug-likeness (QED) is 0.441. The lowest BCUT2D eigenvalue weighted by Crippen LogP contribution is -2.26. The van der Waals surface area contributed by atoms with E-state index >= 15 is 0 Å². The van der Waals surface area contributed by atoms with Crippen molar-refractivity contribution in [2.75, 3.05) is 18.5 Å². The van der Waals surface area contributed by atoms with Crippen LogP contribution >= 0.6 is 0 Å². The van der Waals surface area contributed by atoms with E-state index in [4.69, 9.17) is 9.94 Å². The summed E-state index contributed by atoms with van der Waals surface area (Å²) in [6, 6.07) is 6.27. The van der Waals surface area contributed by atoms with Crippen molar-refractivity contribution in [3.63, 3.8) is 0 Å². The van der Waals surface area contributed by atoms with Gasteiger partial charge in [-0.15, -0.1) is 0 Å². The van der Waals surface area contributed by atoms with Gasteiger partial charge < -0.3 is 10.4 Å². The lowest BCUT2D eigenvalue weighted by Gasteiger charge is -2.15. The molecule has 0 heterocycles. The first-order chi connectivity index (χ1) is 13.4. The Morgan fingerprint density at radius 1 is 1.18 bits per heavy atom. The molecule has 152 valence electrons. The van der Waals surface area contributed by atoms with Gasteiger partial charge in [-0.1, -0.05) is 26.3 Å². The Balaban J connectivity index is 2.29. The molecule has 2 rings (SSSR count). The standard InChI is InChI=1S/C20H23F3N2O3/c1-3-12(2)10-13-4-7-17(16(22)11-13)24-19-14(5-6-15(21)18(19)23)20(27)25-28-9-8-26/h4-7,11-12,24,26H,3,8-10H2,1-2H3,(H,25,27). The summed E-state index contributed by atoms with van der Waals surface area (Å²) >= 11 is 0. The highest BCUT2D eigenvalue weighted by molar-refractivity contribution is 5.99. The number of benzene rings is 2. The van der Waals surface area contributed by atoms with Gasteiger partial charge in [0.25, 0.3) is 5.91 Å². The molecular formula is C20H23F3N2O3. The van der Waals surface area contributed by atoms with E-state index in [1.807, 2.05) is 12.4 Å². The first-order valence-corrected chi connectivity index (χ1v) is 8.93. The minimum atomic E-state index is -1.32. The van der Waals surface area contributed by atoms with E-state index in [1.165, 1.54) is 12.1 Å². The fourth-order valence-corrected chi connectivity index (χ4v) is 2.55. The van der Waals surface area contributed by atoms with Crippen LogP contribution in [0.5, 0.6) is 0 Å². The van der Waals surface area contributed by atoms with Crippen molar-refractivity contribution in [1.29, 1.82) is 0 Å². The van der Waals surface area contributed by atoms with Crippen LogP contribution in [0.3, 0.4) is 0 Å². The number of carbonyl (C=O) groups is 1. The van der Waals surface area contributed by atoms with Gasteiger partial charge >= 0.3 is 0 Å². The molecule has 0 radical (unpaired) electrons. The van der Waals surface area contributed by atoms with E-state index in [-0.39, 0.29) is 24.5 Å². The first-order valence-electron chi connectivity index (χ1n) is 8.93. The summed E-state index contributed by atoms with van der Waals surface area (Å²) in [5, 5.41) is 11.1. The smallest absolute Gasteiger partial charge is 0.277 e. The van der Waals surface area contributed by atoms with E-state index in [2.05, 4.69) is 12.2 Å². The van der Waals surface area contributed by atoms with Crippen LogP contribution in [0, 0.1) is 23.4 Å². The molecule has 1 unspecified atom stereocenters. The molecule has 2 aromatic rings. The van der Waals surface area contributed by atoms with Gasteiger partial charge in [0.1, 0.15) is 5.82 Å². The van der Waals surface area contributed by atoms with Crippen molar-refractivity contribution in [2.45, 2.75) is 26.7 Å². The Bertz CT molecular complexity index is 831. The van der Waals surface area contributed by atoms with Crippen LogP contribution in [0.25, 0.3) is 0 Å². The van der Waals surface area contributed by atoms with Gasteiger partial charge in [0.05, 0.1) is 30.2 Å². The molecule has 1 atom stereocenters. The minimum Gasteiger partial charge on any atom is -0.394 e. The maximum absolute atomic E-state index is 14.5. The number of nitrogens with one attached hydrogen (secondary N) is 2. The van der Waals surface area contributed by atoms with Gasteiger partial charge in [0, 0.05) is 0 Å². The highest BCUT2D eigenvalue weighted by Gasteiger charge is 2.20. The molecular weight excluding hydrogens is 373 g/mol. The zero-order chi connectivity index (χ0) is 20.7. The van der Waals surface area contributed by atoms with E-state index < -0.39 is 29.0 Å². The molecule has 0 aromatic heterocycles. The topological polar surface area (TPSA) is 70.6 Å². The van der Waals surface area contributed by atoms with Crippen LogP contribution in [0.15, 0.2) is 30.3 Å². The maximum atomic E-state index is 14.5. The summed E-state index contributed by atoms with van der Waals surface area (Å²) in [5.41, 5.74) is 1.90. The molecule has 0 saturated heterocycles. The number of aliphatic hydroxyl groups is 1. The number of halogens is 3. The highest BCUT2D eigenvalue weighted by Crippen LogP contribution is 2.28. The third kappa shape index (κ3) is 5.46. The molecule has 0 aliphatic heterocycles. The van der Waals surface area contributed by atoms with Crippen molar-refractivity contribution < 1.29 is 27.9 Å². The second-order valence-corrected chi connectivity index (χ2v) is 6.44. The third-order valence-corrected chi connectivity index (χ3v) is 4.27. The summed E-state index contributed by atoms with van der Waals surface area (Å²) in [5.74, 6) is -3.65. The summed E-state index contributed by atoms with van der Waals surface area (Å²) in [6.45, 7) is 3.58. The minimum absolute atomic E-state index is 0.0947. The zero-order valence-corrected chi connectivity index (χ0v) is 15.7. The van der Waals surface area contributed by atoms with Gasteiger partial charge in [-0.25, -0.2) is 18.7 Å². The number of hydrogen-bond donors (Lipinski definition) is 3. The van der Waals surface area contributed by atoms with E-state index in [0.717, 1.165) is 24.1 Å². The van der Waals surface area contributed by atoms with Crippen molar-refractivity contribution in [2.24, 2.45) is 5.92 Å². The monoisotopic (exact) mass is 396 g/mol. The number of anilines is 2. The SMILES string of the molecule is CCC(C)Cc1ccc(Nc2c(C(=O)NOCCO)ccc(F)c2F)c(F)c1. The van der Waals surface area contributed by atoms with E-state index in [0.29, 0.717) is 12.3 Å². The van der Waals surface area contributed by atoms with Gasteiger partial charge in [-0.05, 0) is 42.2 Å². The molecule has 8 heteroatoms. The molecule has 0 aliphatic rings. The average molecular weight is 396 g/mol. The Kier molecular flexibility index (Phi) is 7.83. The highest BCUT2D eigenvalue weighted by atomic mass is 19.2. The fraction of sp³-hybridized carbons (Fsp3) is 0.350. The fourth-order valence-electron chi connectivity index (χ4n) is 2.55. The summed E-state index contributed by atoms with van der Waals surface area (Å²) in [6.07, 6.45) is 1.64. The van der Waals surface area contributed by atoms with Crippen molar-refractivity contribution in [3.8, 4) is 0 Å². The molecule has 28 heavy (non-hydrogen) atoms. The second-order valence-electron chi connectivity index (χ2n) is 6.44. The molecule has 5 nitrogen and oxygen atoms in total. The van der Waals surface area contributed by atoms with Gasteiger partial charge in [-0.3, -0.25) is 9.63 Å². The van der Waals surface area contributed by atoms with Crippen molar-refractivity contribution >= 4 is 17.3 Å². The lowest BCUT2D eigenvalue weighted by atomic mass is 9.98. The third-order valence-electron chi connectivity index (χ3n) is 4.27. The van der Waals surface area contributed by atoms with Crippen LogP contribution in [0.1, 0.15) is 36.2 Å². The first kappa shape index (κ1) is 21.7. The van der Waals surface area contributed by atoms with Crippen molar-refractivity contribution in [1.82, 2.24) is 5.48 Å². The largest absolute Gasteiger partial charge is 0.394 e. The summed E-state index contributed by atoms with van der Waals surface area (Å²) < 4.78 is 42.5. The summed E-state index contributed by atoms with van der Waals surface area (Å²) in [4.78, 5) is 16.8. The second kappa shape index (κ2) is 10.1. The molecule has 2 aromatic carbocycles. The molecule has 0 saturated carbocycles. The molecule has 0 bridgehead atoms. The van der Waals surface area contributed by atoms with E-state index in [9.17, 15) is 18.0 Å². The van der Waals surface area contributed by atoms with Crippen LogP contribution in [-0.2, 0) is 11.3 Å². The predicted molar refractivity (Wildman–Crippen MR) is 99.7 cm³/mol. The van der Waals surface area contributed by atoms with Crippen molar-refractivity contribution in [3.05, 3.63) is 58.9 Å². The zero-order valence-electron chi connectivity index (χ0n) is 15.7. The lowest BCUT2D eigenvalue weighted by molar-refractivity contribution is 0.0168. The molecule has 3 N–H and O–H groups in total. The number of aliphatic hydroxyl groups excluding tert-OH is 1. The number of amides is 1. The van der Waals surface area contributed by atoms with Crippen LogP contribution in [0.4, 0.5) is 24.5 Å². The Labute approximate surface area is 161 Å². The van der Waals surface area contributed by atoms with Gasteiger partial charge in [0.15, 0.2) is 11.6 Å². The predicted octanol–water partition coefficient (Wildman–Crippen LogP) is 4.09.